The van der Waals surface area contributed by atoms with Crippen LogP contribution in [0.2, 0.25) is 5.02 Å². The van der Waals surface area contributed by atoms with Gasteiger partial charge in [-0.25, -0.2) is 4.79 Å². The first-order valence-corrected chi connectivity index (χ1v) is 7.45. The van der Waals surface area contributed by atoms with Gasteiger partial charge in [0.2, 0.25) is 0 Å². The molecule has 3 amide bonds. The summed E-state index contributed by atoms with van der Waals surface area (Å²) in [4.78, 5) is 25.2. The van der Waals surface area contributed by atoms with Crippen LogP contribution in [0.25, 0.3) is 0 Å². The van der Waals surface area contributed by atoms with Gasteiger partial charge in [0, 0.05) is 23.3 Å². The molecule has 0 aliphatic rings. The number of nitrogens with one attached hydrogen (secondary N) is 1. The molecule has 0 aliphatic carbocycles. The summed E-state index contributed by atoms with van der Waals surface area (Å²) in [5.41, 5.74) is 7.03. The zero-order chi connectivity index (χ0) is 17.0. The highest BCUT2D eigenvalue weighted by molar-refractivity contribution is 6.30. The summed E-state index contributed by atoms with van der Waals surface area (Å²) >= 11 is 5.89. The van der Waals surface area contributed by atoms with Crippen molar-refractivity contribution in [1.82, 2.24) is 4.90 Å². The number of carbonyl (C=O) groups is 2. The summed E-state index contributed by atoms with van der Waals surface area (Å²) in [7, 11) is 1.73. The fraction of sp³-hybridized carbons (Fsp3) is 0.176. The second kappa shape index (κ2) is 7.15. The molecule has 0 saturated heterocycles. The van der Waals surface area contributed by atoms with Crippen LogP contribution in [0.4, 0.5) is 10.5 Å². The highest BCUT2D eigenvalue weighted by Crippen LogP contribution is 2.23. The Balaban J connectivity index is 2.18. The zero-order valence-corrected chi connectivity index (χ0v) is 13.7. The van der Waals surface area contributed by atoms with Crippen LogP contribution in [0.1, 0.15) is 28.9 Å². The van der Waals surface area contributed by atoms with Gasteiger partial charge >= 0.3 is 6.03 Å². The van der Waals surface area contributed by atoms with Crippen molar-refractivity contribution in [2.24, 2.45) is 5.73 Å². The Morgan fingerprint density at radius 3 is 2.43 bits per heavy atom. The normalized spacial score (nSPS) is 11.6. The molecule has 0 radical (unpaired) electrons. The fourth-order valence-corrected chi connectivity index (χ4v) is 2.34. The molecular weight excluding hydrogens is 314 g/mol. The third-order valence-electron chi connectivity index (χ3n) is 3.63. The monoisotopic (exact) mass is 331 g/mol. The largest absolute Gasteiger partial charge is 0.351 e. The summed E-state index contributed by atoms with van der Waals surface area (Å²) in [5.74, 6) is -0.152. The number of nitrogens with two attached hydrogens (primary N) is 1. The summed E-state index contributed by atoms with van der Waals surface area (Å²) in [6.45, 7) is 1.94. The minimum Gasteiger partial charge on any atom is -0.351 e. The van der Waals surface area contributed by atoms with Crippen molar-refractivity contribution >= 4 is 29.2 Å². The second-order valence-electron chi connectivity index (χ2n) is 5.21. The van der Waals surface area contributed by atoms with Crippen LogP contribution in [0, 0.1) is 0 Å². The molecular formula is C17H18ClN3O2. The minimum absolute atomic E-state index is 0.118. The Morgan fingerprint density at radius 2 is 1.83 bits per heavy atom. The maximum atomic E-state index is 12.6. The number of hydrogen-bond donors (Lipinski definition) is 2. The molecule has 0 spiro atoms. The highest BCUT2D eigenvalue weighted by atomic mass is 35.5. The number of anilines is 1. The molecule has 23 heavy (non-hydrogen) atoms. The van der Waals surface area contributed by atoms with E-state index in [2.05, 4.69) is 5.32 Å². The van der Waals surface area contributed by atoms with Gasteiger partial charge in [-0.3, -0.25) is 4.79 Å². The summed E-state index contributed by atoms with van der Waals surface area (Å²) < 4.78 is 0. The standard InChI is InChI=1S/C17H18ClN3O2/c1-11(12-6-8-14(18)9-7-12)21(2)16(22)13-4-3-5-15(10-13)20-17(19)23/h3-11H,1-2H3,(H3,19,20,23). The molecule has 2 aromatic carbocycles. The van der Waals surface area contributed by atoms with Crippen molar-refractivity contribution < 1.29 is 9.59 Å². The van der Waals surface area contributed by atoms with Crippen LogP contribution >= 0.6 is 11.6 Å². The van der Waals surface area contributed by atoms with Gasteiger partial charge in [-0.15, -0.1) is 0 Å². The predicted octanol–water partition coefficient (Wildman–Crippen LogP) is 3.66. The number of benzene rings is 2. The van der Waals surface area contributed by atoms with E-state index in [1.807, 2.05) is 19.1 Å². The highest BCUT2D eigenvalue weighted by Gasteiger charge is 2.19. The van der Waals surface area contributed by atoms with Crippen molar-refractivity contribution in [2.45, 2.75) is 13.0 Å². The minimum atomic E-state index is -0.669. The van der Waals surface area contributed by atoms with Crippen LogP contribution in [-0.2, 0) is 0 Å². The number of nitrogens with zero attached hydrogens (tertiary/aromatic N) is 1. The van der Waals surface area contributed by atoms with Crippen molar-refractivity contribution in [2.75, 3.05) is 12.4 Å². The molecule has 1 atom stereocenters. The molecule has 0 heterocycles. The first kappa shape index (κ1) is 16.8. The van der Waals surface area contributed by atoms with Crippen LogP contribution in [0.3, 0.4) is 0 Å². The number of urea groups is 1. The molecule has 0 saturated carbocycles. The van der Waals surface area contributed by atoms with Gasteiger partial charge < -0.3 is 16.0 Å². The Kier molecular flexibility index (Phi) is 5.24. The van der Waals surface area contributed by atoms with E-state index in [-0.39, 0.29) is 11.9 Å². The number of amides is 3. The fourth-order valence-electron chi connectivity index (χ4n) is 2.22. The van der Waals surface area contributed by atoms with Crippen molar-refractivity contribution in [1.29, 1.82) is 0 Å². The van der Waals surface area contributed by atoms with Gasteiger partial charge in [0.05, 0.1) is 6.04 Å². The van der Waals surface area contributed by atoms with Gasteiger partial charge in [0.1, 0.15) is 0 Å². The van der Waals surface area contributed by atoms with E-state index < -0.39 is 6.03 Å². The van der Waals surface area contributed by atoms with Gasteiger partial charge in [-0.1, -0.05) is 29.8 Å². The van der Waals surface area contributed by atoms with Crippen molar-refractivity contribution in [3.05, 3.63) is 64.7 Å². The van der Waals surface area contributed by atoms with Gasteiger partial charge in [-0.2, -0.15) is 0 Å². The third kappa shape index (κ3) is 4.23. The quantitative estimate of drug-likeness (QED) is 0.897. The lowest BCUT2D eigenvalue weighted by molar-refractivity contribution is 0.0742. The lowest BCUT2D eigenvalue weighted by Crippen LogP contribution is -2.29. The first-order valence-electron chi connectivity index (χ1n) is 7.07. The zero-order valence-electron chi connectivity index (χ0n) is 12.9. The van der Waals surface area contributed by atoms with Crippen LogP contribution in [0.5, 0.6) is 0 Å². The predicted molar refractivity (Wildman–Crippen MR) is 91.6 cm³/mol. The van der Waals surface area contributed by atoms with Crippen LogP contribution < -0.4 is 11.1 Å². The number of halogens is 1. The van der Waals surface area contributed by atoms with E-state index in [4.69, 9.17) is 17.3 Å². The van der Waals surface area contributed by atoms with Crippen molar-refractivity contribution in [3.8, 4) is 0 Å². The van der Waals surface area contributed by atoms with Crippen LogP contribution in [-0.4, -0.2) is 23.9 Å². The van der Waals surface area contributed by atoms with Gasteiger partial charge in [0.15, 0.2) is 0 Å². The first-order chi connectivity index (χ1) is 10.9. The van der Waals surface area contributed by atoms with E-state index in [0.717, 1.165) is 5.56 Å². The van der Waals surface area contributed by atoms with E-state index in [0.29, 0.717) is 16.3 Å². The number of primary amides is 1. The number of rotatable bonds is 4. The molecule has 3 N–H and O–H groups in total. The molecule has 0 fully saturated rings. The van der Waals surface area contributed by atoms with Gasteiger partial charge in [-0.05, 0) is 42.8 Å². The molecule has 2 aromatic rings. The molecule has 0 aliphatic heterocycles. The number of hydrogen-bond acceptors (Lipinski definition) is 2. The Labute approximate surface area is 140 Å². The summed E-state index contributed by atoms with van der Waals surface area (Å²) in [6.07, 6.45) is 0. The Hall–Kier alpha value is -2.53. The number of carbonyl (C=O) groups excluding carboxylic acids is 2. The molecule has 0 bridgehead atoms. The average molecular weight is 332 g/mol. The maximum Gasteiger partial charge on any atom is 0.316 e. The average Bonchev–Trinajstić information content (AvgIpc) is 2.53. The lowest BCUT2D eigenvalue weighted by Gasteiger charge is -2.25. The molecule has 1 unspecified atom stereocenters. The Morgan fingerprint density at radius 1 is 1.17 bits per heavy atom. The second-order valence-corrected chi connectivity index (χ2v) is 5.65. The topological polar surface area (TPSA) is 75.4 Å². The smallest absolute Gasteiger partial charge is 0.316 e. The van der Waals surface area contributed by atoms with Crippen LogP contribution in [0.15, 0.2) is 48.5 Å². The van der Waals surface area contributed by atoms with Crippen molar-refractivity contribution in [3.63, 3.8) is 0 Å². The third-order valence-corrected chi connectivity index (χ3v) is 3.88. The van der Waals surface area contributed by atoms with E-state index in [1.54, 1.807) is 48.3 Å². The molecule has 0 aromatic heterocycles. The Bertz CT molecular complexity index is 716. The van der Waals surface area contributed by atoms with Gasteiger partial charge in [0.25, 0.3) is 5.91 Å². The molecule has 120 valence electrons. The summed E-state index contributed by atoms with van der Waals surface area (Å²) in [5, 5.41) is 3.11. The molecule has 5 nitrogen and oxygen atoms in total. The van der Waals surface area contributed by atoms with E-state index >= 15 is 0 Å². The lowest BCUT2D eigenvalue weighted by atomic mass is 10.1. The SMILES string of the molecule is CC(c1ccc(Cl)cc1)N(C)C(=O)c1cccc(NC(N)=O)c1. The van der Waals surface area contributed by atoms with E-state index in [1.165, 1.54) is 0 Å². The molecule has 2 rings (SSSR count). The van der Waals surface area contributed by atoms with E-state index in [9.17, 15) is 9.59 Å². The maximum absolute atomic E-state index is 12.6. The summed E-state index contributed by atoms with van der Waals surface area (Å²) in [6, 6.07) is 13.2. The molecule has 6 heteroatoms.